The van der Waals surface area contributed by atoms with Crippen LogP contribution in [-0.4, -0.2) is 45.6 Å². The molecule has 0 aliphatic heterocycles. The smallest absolute Gasteiger partial charge is 0.193 e. The fourth-order valence-corrected chi connectivity index (χ4v) is 3.32. The van der Waals surface area contributed by atoms with E-state index in [1.165, 1.54) is 5.56 Å². The van der Waals surface area contributed by atoms with Gasteiger partial charge in [-0.05, 0) is 37.1 Å². The van der Waals surface area contributed by atoms with E-state index in [-0.39, 0.29) is 24.0 Å². The van der Waals surface area contributed by atoms with Crippen molar-refractivity contribution in [3.63, 3.8) is 0 Å². The summed E-state index contributed by atoms with van der Waals surface area (Å²) < 4.78 is 3.15. The molecule has 1 N–H and O–H groups in total. The predicted octanol–water partition coefficient (Wildman–Crippen LogP) is 4.14. The zero-order chi connectivity index (χ0) is 19.1. The van der Waals surface area contributed by atoms with Gasteiger partial charge in [-0.25, -0.2) is 0 Å². The lowest BCUT2D eigenvalue weighted by Crippen LogP contribution is -2.38. The maximum Gasteiger partial charge on any atom is 0.193 e. The highest BCUT2D eigenvalue weighted by Gasteiger charge is 2.09. The molecule has 0 aliphatic carbocycles. The summed E-state index contributed by atoms with van der Waals surface area (Å²) in [5.41, 5.74) is 2.12. The number of fused-ring (bicyclic) bond motifs is 1. The summed E-state index contributed by atoms with van der Waals surface area (Å²) in [7, 11) is 2.06. The SMILES string of the molecule is CCNC(=NCCCc1nnc2ccccn12)N(C)Cc1ccccc1Br.I. The van der Waals surface area contributed by atoms with Crippen molar-refractivity contribution in [3.8, 4) is 0 Å². The zero-order valence-corrected chi connectivity index (χ0v) is 20.1. The van der Waals surface area contributed by atoms with Gasteiger partial charge >= 0.3 is 0 Å². The molecule has 0 fully saturated rings. The third kappa shape index (κ3) is 5.91. The summed E-state index contributed by atoms with van der Waals surface area (Å²) in [6.07, 6.45) is 3.78. The molecule has 3 aromatic rings. The summed E-state index contributed by atoms with van der Waals surface area (Å²) >= 11 is 3.62. The summed E-state index contributed by atoms with van der Waals surface area (Å²) in [5, 5.41) is 11.9. The molecular formula is C20H26BrIN6. The van der Waals surface area contributed by atoms with Gasteiger partial charge in [0.05, 0.1) is 0 Å². The molecule has 0 radical (unpaired) electrons. The second kappa shape index (κ2) is 11.4. The van der Waals surface area contributed by atoms with Crippen molar-refractivity contribution in [2.45, 2.75) is 26.3 Å². The number of aryl methyl sites for hydroxylation is 1. The molecule has 8 heteroatoms. The third-order valence-corrected chi connectivity index (χ3v) is 5.04. The van der Waals surface area contributed by atoms with Crippen LogP contribution < -0.4 is 5.32 Å². The normalized spacial score (nSPS) is 11.3. The molecule has 0 unspecified atom stereocenters. The molecule has 0 aliphatic rings. The first-order chi connectivity index (χ1) is 13.2. The molecule has 0 amide bonds. The highest BCUT2D eigenvalue weighted by Crippen LogP contribution is 2.17. The molecule has 3 rings (SSSR count). The molecule has 0 atom stereocenters. The minimum absolute atomic E-state index is 0. The molecule has 150 valence electrons. The van der Waals surface area contributed by atoms with Crippen LogP contribution in [0.2, 0.25) is 0 Å². The Bertz CT molecular complexity index is 910. The second-order valence-corrected chi connectivity index (χ2v) is 7.19. The van der Waals surface area contributed by atoms with Crippen molar-refractivity contribution in [1.82, 2.24) is 24.8 Å². The molecule has 6 nitrogen and oxygen atoms in total. The van der Waals surface area contributed by atoms with E-state index in [9.17, 15) is 0 Å². The lowest BCUT2D eigenvalue weighted by Gasteiger charge is -2.22. The van der Waals surface area contributed by atoms with Crippen molar-refractivity contribution in [2.24, 2.45) is 4.99 Å². The highest BCUT2D eigenvalue weighted by molar-refractivity contribution is 14.0. The predicted molar refractivity (Wildman–Crippen MR) is 128 cm³/mol. The van der Waals surface area contributed by atoms with Gasteiger partial charge in [-0.3, -0.25) is 9.39 Å². The van der Waals surface area contributed by atoms with Crippen LogP contribution in [0.1, 0.15) is 24.7 Å². The van der Waals surface area contributed by atoms with E-state index >= 15 is 0 Å². The number of nitrogens with zero attached hydrogens (tertiary/aromatic N) is 5. The first kappa shape index (κ1) is 22.6. The minimum atomic E-state index is 0. The van der Waals surface area contributed by atoms with E-state index in [1.54, 1.807) is 0 Å². The molecular weight excluding hydrogens is 531 g/mol. The topological polar surface area (TPSA) is 57.8 Å². The van der Waals surface area contributed by atoms with Crippen molar-refractivity contribution < 1.29 is 0 Å². The maximum atomic E-state index is 4.78. The Morgan fingerprint density at radius 1 is 1.18 bits per heavy atom. The molecule has 2 aromatic heterocycles. The monoisotopic (exact) mass is 556 g/mol. The number of hydrogen-bond donors (Lipinski definition) is 1. The number of pyridine rings is 1. The Morgan fingerprint density at radius 3 is 2.75 bits per heavy atom. The Kier molecular flexibility index (Phi) is 9.17. The van der Waals surface area contributed by atoms with E-state index in [0.717, 1.165) is 54.4 Å². The molecule has 2 heterocycles. The molecule has 0 saturated carbocycles. The summed E-state index contributed by atoms with van der Waals surface area (Å²) in [4.78, 5) is 6.93. The number of halogens is 2. The van der Waals surface area contributed by atoms with Crippen LogP contribution in [0.25, 0.3) is 5.65 Å². The summed E-state index contributed by atoms with van der Waals surface area (Å²) in [6.45, 7) is 4.46. The van der Waals surface area contributed by atoms with Gasteiger partial charge in [-0.15, -0.1) is 34.2 Å². The van der Waals surface area contributed by atoms with Crippen molar-refractivity contribution >= 4 is 51.5 Å². The van der Waals surface area contributed by atoms with Gasteiger partial charge in [0.15, 0.2) is 11.6 Å². The van der Waals surface area contributed by atoms with Crippen molar-refractivity contribution in [1.29, 1.82) is 0 Å². The first-order valence-corrected chi connectivity index (χ1v) is 10.00. The number of aliphatic imine (C=N–C) groups is 1. The van der Waals surface area contributed by atoms with Gasteiger partial charge in [-0.2, -0.15) is 0 Å². The van der Waals surface area contributed by atoms with Gasteiger partial charge in [0.1, 0.15) is 5.82 Å². The maximum absolute atomic E-state index is 4.78. The minimum Gasteiger partial charge on any atom is -0.357 e. The Balaban J connectivity index is 0.00000280. The standard InChI is InChI=1S/C20H25BrN6.HI/c1-3-22-20(26(2)15-16-9-4-5-10-17(16)21)23-13-8-12-19-25-24-18-11-6-7-14-27(18)19;/h4-7,9-11,14H,3,8,12-13,15H2,1-2H3,(H,22,23);1H. The Morgan fingerprint density at radius 2 is 1.96 bits per heavy atom. The van der Waals surface area contributed by atoms with Crippen LogP contribution in [0.15, 0.2) is 58.1 Å². The fourth-order valence-electron chi connectivity index (χ4n) is 2.91. The quantitative estimate of drug-likeness (QED) is 0.206. The van der Waals surface area contributed by atoms with Crippen LogP contribution in [-0.2, 0) is 13.0 Å². The number of guanidine groups is 1. The number of benzene rings is 1. The molecule has 1 aromatic carbocycles. The molecule has 28 heavy (non-hydrogen) atoms. The van der Waals surface area contributed by atoms with Crippen molar-refractivity contribution in [2.75, 3.05) is 20.1 Å². The van der Waals surface area contributed by atoms with E-state index in [4.69, 9.17) is 4.99 Å². The van der Waals surface area contributed by atoms with Crippen molar-refractivity contribution in [3.05, 3.63) is 64.5 Å². The Labute approximate surface area is 191 Å². The van der Waals surface area contributed by atoms with Gasteiger partial charge in [-0.1, -0.05) is 40.2 Å². The van der Waals surface area contributed by atoms with E-state index in [1.807, 2.05) is 34.9 Å². The lowest BCUT2D eigenvalue weighted by atomic mass is 10.2. The number of hydrogen-bond acceptors (Lipinski definition) is 3. The van der Waals surface area contributed by atoms with Gasteiger partial charge in [0.25, 0.3) is 0 Å². The van der Waals surface area contributed by atoms with Crippen LogP contribution in [0.4, 0.5) is 0 Å². The summed E-state index contributed by atoms with van der Waals surface area (Å²) in [6, 6.07) is 14.2. The van der Waals surface area contributed by atoms with E-state index in [2.05, 4.69) is 68.5 Å². The number of rotatable bonds is 7. The average molecular weight is 557 g/mol. The number of nitrogens with one attached hydrogen (secondary N) is 1. The third-order valence-electron chi connectivity index (χ3n) is 4.27. The average Bonchev–Trinajstić information content (AvgIpc) is 3.09. The van der Waals surface area contributed by atoms with Gasteiger partial charge in [0, 0.05) is 43.8 Å². The van der Waals surface area contributed by atoms with Gasteiger partial charge < -0.3 is 10.2 Å². The zero-order valence-electron chi connectivity index (χ0n) is 16.2. The molecule has 0 saturated heterocycles. The largest absolute Gasteiger partial charge is 0.357 e. The molecule has 0 spiro atoms. The van der Waals surface area contributed by atoms with Crippen LogP contribution >= 0.6 is 39.9 Å². The van der Waals surface area contributed by atoms with E-state index in [0.29, 0.717) is 0 Å². The summed E-state index contributed by atoms with van der Waals surface area (Å²) in [5.74, 6) is 1.90. The van der Waals surface area contributed by atoms with Crippen LogP contribution in [0.5, 0.6) is 0 Å². The second-order valence-electron chi connectivity index (χ2n) is 6.33. The highest BCUT2D eigenvalue weighted by atomic mass is 127. The van der Waals surface area contributed by atoms with Gasteiger partial charge in [0.2, 0.25) is 0 Å². The van der Waals surface area contributed by atoms with E-state index < -0.39 is 0 Å². The fraction of sp³-hybridized carbons (Fsp3) is 0.350. The first-order valence-electron chi connectivity index (χ1n) is 9.20. The number of aromatic nitrogens is 3. The van der Waals surface area contributed by atoms with Crippen LogP contribution in [0.3, 0.4) is 0 Å². The Hall–Kier alpha value is -1.68. The molecule has 0 bridgehead atoms. The van der Waals surface area contributed by atoms with Crippen LogP contribution in [0, 0.1) is 0 Å². The lowest BCUT2D eigenvalue weighted by molar-refractivity contribution is 0.475.